The summed E-state index contributed by atoms with van der Waals surface area (Å²) in [6, 6.07) is 12.4. The maximum absolute atomic E-state index is 14.8. The van der Waals surface area contributed by atoms with Crippen LogP contribution in [0.4, 0.5) is 20.4 Å². The molecule has 4 bridgehead atoms. The lowest BCUT2D eigenvalue weighted by Crippen LogP contribution is -2.51. The number of pyridine rings is 1. The number of aliphatic carboxylic acids is 1. The first-order valence-corrected chi connectivity index (χ1v) is 15.8. The van der Waals surface area contributed by atoms with Crippen molar-refractivity contribution in [2.24, 2.45) is 0 Å². The van der Waals surface area contributed by atoms with Crippen molar-refractivity contribution in [2.45, 2.75) is 44.4 Å². The van der Waals surface area contributed by atoms with Gasteiger partial charge in [-0.25, -0.2) is 38.2 Å². The highest BCUT2D eigenvalue weighted by atomic mass is 19.1. The highest BCUT2D eigenvalue weighted by Crippen LogP contribution is 2.35. The third-order valence-corrected chi connectivity index (χ3v) is 9.40. The molecule has 1 amide bonds. The van der Waals surface area contributed by atoms with Crippen molar-refractivity contribution in [2.75, 3.05) is 23.8 Å². The normalized spacial score (nSPS) is 19.6. The van der Waals surface area contributed by atoms with Crippen LogP contribution in [-0.4, -0.2) is 87.9 Å². The minimum Gasteiger partial charge on any atom is -0.480 e. The van der Waals surface area contributed by atoms with E-state index in [1.165, 1.54) is 35.2 Å². The number of halogens is 2. The second-order valence-electron chi connectivity index (χ2n) is 12.3. The molecular weight excluding hydrogens is 634 g/mol. The fourth-order valence-corrected chi connectivity index (χ4v) is 7.08. The van der Waals surface area contributed by atoms with Crippen molar-refractivity contribution < 1.29 is 23.5 Å². The summed E-state index contributed by atoms with van der Waals surface area (Å²) in [6.07, 6.45) is 3.22. The molecule has 2 aromatic carbocycles. The van der Waals surface area contributed by atoms with Gasteiger partial charge in [-0.05, 0) is 50.1 Å². The predicted molar refractivity (Wildman–Crippen MR) is 176 cm³/mol. The second-order valence-corrected chi connectivity index (χ2v) is 12.3. The number of aryl methyl sites for hydroxylation is 2. The van der Waals surface area contributed by atoms with Crippen LogP contribution in [0.2, 0.25) is 0 Å². The van der Waals surface area contributed by atoms with Crippen molar-refractivity contribution in [3.63, 3.8) is 0 Å². The van der Waals surface area contributed by atoms with E-state index in [0.29, 0.717) is 36.5 Å². The first kappa shape index (κ1) is 30.4. The molecule has 0 spiro atoms. The van der Waals surface area contributed by atoms with Gasteiger partial charge in [0.25, 0.3) is 0 Å². The molecule has 0 saturated carbocycles. The van der Waals surface area contributed by atoms with Crippen molar-refractivity contribution in [3.8, 4) is 16.9 Å². The number of carboxylic acid groups (broad SMARTS) is 1. The summed E-state index contributed by atoms with van der Waals surface area (Å²) in [5.74, 6) is -1.37. The van der Waals surface area contributed by atoms with Crippen molar-refractivity contribution >= 4 is 45.6 Å². The predicted octanol–water partition coefficient (Wildman–Crippen LogP) is 4.19. The van der Waals surface area contributed by atoms with Gasteiger partial charge in [-0.3, -0.25) is 4.79 Å². The summed E-state index contributed by atoms with van der Waals surface area (Å²) in [5, 5.41) is 18.7. The van der Waals surface area contributed by atoms with E-state index in [0.717, 1.165) is 40.2 Å². The Morgan fingerprint density at radius 2 is 1.90 bits per heavy atom. The molecule has 0 aliphatic carbocycles. The number of nitrogens with zero attached hydrogens (tertiary/aromatic N) is 9. The fraction of sp³-hybridized carbons (Fsp3) is 0.265. The van der Waals surface area contributed by atoms with Crippen LogP contribution in [0.15, 0.2) is 67.1 Å². The SMILES string of the molecule is Cc1nc2cccc3c2n1CCC(C(=O)O)N(C)C(=O)[C@@H]1C[C@@H](CN1c1ncnc2c1cnn2-c1ccc(F)cc1F)Nc1cccc-3n1. The number of benzene rings is 2. The Balaban J connectivity index is 1.24. The average molecular weight is 665 g/mol. The molecule has 1 unspecified atom stereocenters. The van der Waals surface area contributed by atoms with Gasteiger partial charge in [0, 0.05) is 37.8 Å². The van der Waals surface area contributed by atoms with Gasteiger partial charge in [-0.2, -0.15) is 5.10 Å². The largest absolute Gasteiger partial charge is 0.480 e. The van der Waals surface area contributed by atoms with Gasteiger partial charge in [0.05, 0.1) is 28.3 Å². The molecule has 49 heavy (non-hydrogen) atoms. The number of amides is 1. The number of likely N-dealkylation sites (N-methyl/N-ethyl adjacent to an activating group) is 1. The number of carboxylic acids is 1. The fourth-order valence-electron chi connectivity index (χ4n) is 7.08. The van der Waals surface area contributed by atoms with Gasteiger partial charge in [0.1, 0.15) is 47.4 Å². The summed E-state index contributed by atoms with van der Waals surface area (Å²) in [5.41, 5.74) is 3.45. The molecule has 2 N–H and O–H groups in total. The van der Waals surface area contributed by atoms with E-state index in [-0.39, 0.29) is 23.8 Å². The third kappa shape index (κ3) is 5.08. The van der Waals surface area contributed by atoms with Gasteiger partial charge in [0.15, 0.2) is 11.5 Å². The quantitative estimate of drug-likeness (QED) is 0.282. The zero-order valence-corrected chi connectivity index (χ0v) is 26.5. The lowest BCUT2D eigenvalue weighted by molar-refractivity contribution is -0.149. The maximum Gasteiger partial charge on any atom is 0.326 e. The smallest absolute Gasteiger partial charge is 0.326 e. The Hall–Kier alpha value is -5.99. The van der Waals surface area contributed by atoms with E-state index in [4.69, 9.17) is 9.97 Å². The summed E-state index contributed by atoms with van der Waals surface area (Å²) in [7, 11) is 1.51. The van der Waals surface area contributed by atoms with Crippen molar-refractivity contribution in [1.29, 1.82) is 0 Å². The number of hydrogen-bond donors (Lipinski definition) is 2. The number of fused-ring (bicyclic) bond motifs is 6. The van der Waals surface area contributed by atoms with Gasteiger partial charge in [-0.15, -0.1) is 0 Å². The van der Waals surface area contributed by atoms with Crippen LogP contribution in [0.3, 0.4) is 0 Å². The van der Waals surface area contributed by atoms with E-state index in [1.54, 1.807) is 4.90 Å². The van der Waals surface area contributed by atoms with Crippen LogP contribution < -0.4 is 10.2 Å². The first-order chi connectivity index (χ1) is 23.7. The molecule has 1 fully saturated rings. The summed E-state index contributed by atoms with van der Waals surface area (Å²) in [6.45, 7) is 2.48. The topological polar surface area (TPSA) is 147 Å². The third-order valence-electron chi connectivity index (χ3n) is 9.40. The van der Waals surface area contributed by atoms with Crippen LogP contribution >= 0.6 is 0 Å². The minimum absolute atomic E-state index is 0.00181. The Labute approximate surface area is 277 Å². The molecule has 6 heterocycles. The molecule has 6 aromatic rings. The van der Waals surface area contributed by atoms with Gasteiger partial charge in [-0.1, -0.05) is 18.2 Å². The summed E-state index contributed by atoms with van der Waals surface area (Å²) >= 11 is 0. The second kappa shape index (κ2) is 11.6. The molecule has 8 rings (SSSR count). The van der Waals surface area contributed by atoms with Gasteiger partial charge >= 0.3 is 5.97 Å². The maximum atomic E-state index is 14.8. The number of para-hydroxylation sites is 1. The lowest BCUT2D eigenvalue weighted by atomic mass is 10.1. The average Bonchev–Trinajstić information content (AvgIpc) is 3.79. The summed E-state index contributed by atoms with van der Waals surface area (Å²) < 4.78 is 31.7. The standard InChI is InChI=1S/C34H30F2N10O3/c1-18-40-25-7-3-5-21-24-6-4-8-29(42-24)41-20-14-28(33(47)43(2)27(34(48)49)11-12-44(18)30(21)25)45(16-20)31-22-15-39-46(32(22)38-17-37-31)26-10-9-19(35)13-23(26)36/h3-10,13,15,17,20,27-28H,11-12,14,16H2,1-2H3,(H,41,42)(H,48,49)/t20-,27?,28-/m0/s1. The first-order valence-electron chi connectivity index (χ1n) is 15.8. The van der Waals surface area contributed by atoms with E-state index in [9.17, 15) is 23.5 Å². The molecule has 3 atom stereocenters. The molecule has 248 valence electrons. The van der Waals surface area contributed by atoms with Gasteiger partial charge in [0.2, 0.25) is 5.91 Å². The van der Waals surface area contributed by atoms with Crippen LogP contribution in [0.5, 0.6) is 0 Å². The molecule has 13 nitrogen and oxygen atoms in total. The van der Waals surface area contributed by atoms with E-state index in [1.807, 2.05) is 47.9 Å². The Bertz CT molecular complexity index is 2290. The minimum atomic E-state index is -1.13. The number of carbonyl (C=O) groups is 2. The lowest BCUT2D eigenvalue weighted by Gasteiger charge is -2.32. The van der Waals surface area contributed by atoms with Crippen LogP contribution in [0.25, 0.3) is 39.0 Å². The van der Waals surface area contributed by atoms with E-state index < -0.39 is 35.6 Å². The molecule has 2 aliphatic heterocycles. The molecule has 2 aliphatic rings. The number of aromatic nitrogens is 7. The van der Waals surface area contributed by atoms with E-state index in [2.05, 4.69) is 20.4 Å². The van der Waals surface area contributed by atoms with Crippen LogP contribution in [0.1, 0.15) is 18.7 Å². The Morgan fingerprint density at radius 1 is 1.06 bits per heavy atom. The molecule has 0 radical (unpaired) electrons. The van der Waals surface area contributed by atoms with E-state index >= 15 is 0 Å². The van der Waals surface area contributed by atoms with Crippen molar-refractivity contribution in [1.82, 2.24) is 39.2 Å². The Morgan fingerprint density at radius 3 is 2.71 bits per heavy atom. The zero-order chi connectivity index (χ0) is 34.0. The zero-order valence-electron chi connectivity index (χ0n) is 26.5. The number of anilines is 2. The van der Waals surface area contributed by atoms with Gasteiger partial charge < -0.3 is 24.8 Å². The summed E-state index contributed by atoms with van der Waals surface area (Å²) in [4.78, 5) is 48.7. The number of rotatable bonds is 3. The monoisotopic (exact) mass is 664 g/mol. The molecular formula is C34H30F2N10O3. The number of carbonyl (C=O) groups excluding carboxylic acids is 1. The van der Waals surface area contributed by atoms with Crippen LogP contribution in [-0.2, 0) is 16.1 Å². The Kier molecular flexibility index (Phi) is 7.19. The van der Waals surface area contributed by atoms with Crippen LogP contribution in [0, 0.1) is 18.6 Å². The number of hydrogen-bond acceptors (Lipinski definition) is 9. The molecule has 15 heteroatoms. The van der Waals surface area contributed by atoms with Crippen molar-refractivity contribution in [3.05, 3.63) is 84.6 Å². The molecule has 1 saturated heterocycles. The number of imidazole rings is 1. The highest BCUT2D eigenvalue weighted by molar-refractivity contribution is 5.95. The highest BCUT2D eigenvalue weighted by Gasteiger charge is 2.42. The number of nitrogens with one attached hydrogen (secondary N) is 1. The molecule has 4 aromatic heterocycles.